The molecular weight excluding hydrogens is 344 g/mol. The highest BCUT2D eigenvalue weighted by Gasteiger charge is 2.37. The van der Waals surface area contributed by atoms with Crippen molar-refractivity contribution >= 4 is 22.7 Å². The second-order valence-corrected chi connectivity index (χ2v) is 9.33. The van der Waals surface area contributed by atoms with Gasteiger partial charge in [-0.1, -0.05) is 55.1 Å². The monoisotopic (exact) mass is 365 g/mol. The first-order valence-corrected chi connectivity index (χ1v) is 10.6. The number of benzene rings is 3. The van der Waals surface area contributed by atoms with Crippen LogP contribution in [0.25, 0.3) is 0 Å². The van der Waals surface area contributed by atoms with Crippen LogP contribution in [-0.4, -0.2) is 11.7 Å². The zero-order valence-electron chi connectivity index (χ0n) is 14.2. The Hall–Kier alpha value is -1.68. The Morgan fingerprint density at radius 1 is 0.840 bits per heavy atom. The van der Waals surface area contributed by atoms with Crippen LogP contribution >= 0.6 is 11.8 Å². The van der Waals surface area contributed by atoms with E-state index in [-0.39, 0.29) is 17.5 Å². The van der Waals surface area contributed by atoms with Gasteiger partial charge in [-0.15, -0.1) is 0 Å². The average Bonchev–Trinajstić information content (AvgIpc) is 2.66. The van der Waals surface area contributed by atoms with Crippen LogP contribution in [0, 0.1) is 0 Å². The number of fused-ring (bicyclic) bond motifs is 2. The molecule has 0 radical (unpaired) electrons. The molecule has 0 aliphatic carbocycles. The van der Waals surface area contributed by atoms with Gasteiger partial charge in [0, 0.05) is 6.61 Å². The van der Waals surface area contributed by atoms with E-state index in [4.69, 9.17) is 0 Å². The van der Waals surface area contributed by atoms with Gasteiger partial charge in [-0.05, 0) is 54.3 Å². The highest BCUT2D eigenvalue weighted by molar-refractivity contribution is 8.04. The van der Waals surface area contributed by atoms with Gasteiger partial charge in [0.1, 0.15) is 10.9 Å². The van der Waals surface area contributed by atoms with E-state index in [0.717, 1.165) is 6.42 Å². The van der Waals surface area contributed by atoms with Crippen LogP contribution < -0.4 is 0 Å². The highest BCUT2D eigenvalue weighted by atomic mass is 32.2. The Morgan fingerprint density at radius 2 is 1.40 bits per heavy atom. The second-order valence-electron chi connectivity index (χ2n) is 6.28. The highest BCUT2D eigenvalue weighted by Crippen LogP contribution is 2.48. The van der Waals surface area contributed by atoms with Gasteiger partial charge in [0.25, 0.3) is 0 Å². The molecule has 0 aromatic heterocycles. The van der Waals surface area contributed by atoms with Crippen molar-refractivity contribution in [1.29, 1.82) is 0 Å². The molecule has 0 bridgehead atoms. The molecule has 1 aliphatic rings. The summed E-state index contributed by atoms with van der Waals surface area (Å²) >= 11 is 1.87. The van der Waals surface area contributed by atoms with Gasteiger partial charge in [0.2, 0.25) is 0 Å². The Labute approximate surface area is 156 Å². The van der Waals surface area contributed by atoms with E-state index < -0.39 is 0 Å². The van der Waals surface area contributed by atoms with Crippen LogP contribution in [0.3, 0.4) is 0 Å². The summed E-state index contributed by atoms with van der Waals surface area (Å²) in [7, 11) is -0.0534. The second kappa shape index (κ2) is 7.28. The zero-order chi connectivity index (χ0) is 17.2. The predicted octanol–water partition coefficient (Wildman–Crippen LogP) is 5.73. The summed E-state index contributed by atoms with van der Waals surface area (Å²) in [4.78, 5) is 6.93. The lowest BCUT2D eigenvalue weighted by molar-refractivity contribution is 0.278. The number of aliphatic hydroxyl groups is 1. The molecule has 1 unspecified atom stereocenters. The van der Waals surface area contributed by atoms with Gasteiger partial charge >= 0.3 is 0 Å². The molecule has 3 aromatic carbocycles. The SMILES string of the molecule is CC(CCO)c1ccc([S+]2c3ccccc3Sc3ccccc32)cc1. The Morgan fingerprint density at radius 3 is 1.96 bits per heavy atom. The van der Waals surface area contributed by atoms with Gasteiger partial charge in [-0.3, -0.25) is 0 Å². The molecule has 126 valence electrons. The third-order valence-corrected chi connectivity index (χ3v) is 8.35. The maximum Gasteiger partial charge on any atom is 0.180 e. The van der Waals surface area contributed by atoms with E-state index in [2.05, 4.69) is 79.7 Å². The van der Waals surface area contributed by atoms with Gasteiger partial charge < -0.3 is 5.11 Å². The summed E-state index contributed by atoms with van der Waals surface area (Å²) in [5.41, 5.74) is 1.30. The van der Waals surface area contributed by atoms with Gasteiger partial charge in [0.05, 0.1) is 9.79 Å². The van der Waals surface area contributed by atoms with E-state index in [1.165, 1.54) is 30.0 Å². The van der Waals surface area contributed by atoms with Crippen LogP contribution in [0.4, 0.5) is 0 Å². The molecule has 1 atom stereocenters. The summed E-state index contributed by atoms with van der Waals surface area (Å²) in [5.74, 6) is 0.392. The summed E-state index contributed by atoms with van der Waals surface area (Å²) in [6, 6.07) is 26.5. The first-order valence-electron chi connectivity index (χ1n) is 8.59. The number of rotatable bonds is 4. The maximum absolute atomic E-state index is 9.17. The van der Waals surface area contributed by atoms with Crippen LogP contribution in [0.15, 0.2) is 97.3 Å². The normalized spacial score (nSPS) is 14.6. The van der Waals surface area contributed by atoms with Crippen molar-refractivity contribution < 1.29 is 5.11 Å². The third-order valence-electron chi connectivity index (χ3n) is 4.61. The predicted molar refractivity (Wildman–Crippen MR) is 106 cm³/mol. The van der Waals surface area contributed by atoms with E-state index in [1.807, 2.05) is 11.8 Å². The van der Waals surface area contributed by atoms with Crippen molar-refractivity contribution in [1.82, 2.24) is 0 Å². The number of hydrogen-bond acceptors (Lipinski definition) is 2. The first kappa shape index (κ1) is 16.8. The molecule has 0 fully saturated rings. The summed E-state index contributed by atoms with van der Waals surface area (Å²) in [6.45, 7) is 2.42. The fraction of sp³-hybridized carbons (Fsp3) is 0.182. The molecule has 1 aliphatic heterocycles. The largest absolute Gasteiger partial charge is 0.396 e. The van der Waals surface area contributed by atoms with Crippen molar-refractivity contribution in [3.8, 4) is 0 Å². The lowest BCUT2D eigenvalue weighted by atomic mass is 9.98. The minimum absolute atomic E-state index is 0.0534. The van der Waals surface area contributed by atoms with Crippen molar-refractivity contribution in [2.45, 2.75) is 43.7 Å². The van der Waals surface area contributed by atoms with E-state index >= 15 is 0 Å². The van der Waals surface area contributed by atoms with Gasteiger partial charge in [-0.25, -0.2) is 0 Å². The molecule has 1 N–H and O–H groups in total. The first-order chi connectivity index (χ1) is 12.3. The quantitative estimate of drug-likeness (QED) is 0.466. The van der Waals surface area contributed by atoms with Crippen molar-refractivity contribution in [2.24, 2.45) is 0 Å². The standard InChI is InChI=1S/C22H21OS2/c1-16(14-15-23)17-10-12-18(13-11-17)25-21-8-4-2-6-19(21)24-20-7-3-5-9-22(20)25/h2-13,16,23H,14-15H2,1H3/q+1. The Kier molecular flexibility index (Phi) is 4.89. The van der Waals surface area contributed by atoms with Gasteiger partial charge in [-0.2, -0.15) is 0 Å². The molecule has 25 heavy (non-hydrogen) atoms. The molecule has 0 amide bonds. The van der Waals surface area contributed by atoms with Crippen molar-refractivity contribution in [2.75, 3.05) is 6.61 Å². The molecule has 3 heteroatoms. The zero-order valence-corrected chi connectivity index (χ0v) is 15.8. The topological polar surface area (TPSA) is 20.2 Å². The lowest BCUT2D eigenvalue weighted by Crippen LogP contribution is -2.11. The maximum atomic E-state index is 9.17. The average molecular weight is 366 g/mol. The molecule has 0 spiro atoms. The van der Waals surface area contributed by atoms with Crippen molar-refractivity contribution in [3.05, 3.63) is 78.4 Å². The Bertz CT molecular complexity index is 828. The molecule has 3 aromatic rings. The molecule has 0 saturated carbocycles. The molecule has 4 rings (SSSR count). The minimum atomic E-state index is -0.0534. The summed E-state index contributed by atoms with van der Waals surface area (Å²) in [5, 5.41) is 9.17. The van der Waals surface area contributed by atoms with Crippen LogP contribution in [0.2, 0.25) is 0 Å². The van der Waals surface area contributed by atoms with Crippen LogP contribution in [0.1, 0.15) is 24.8 Å². The molecule has 1 nitrogen and oxygen atoms in total. The Balaban J connectivity index is 1.77. The summed E-state index contributed by atoms with van der Waals surface area (Å²) < 4.78 is 0. The van der Waals surface area contributed by atoms with E-state index in [1.54, 1.807) is 0 Å². The summed E-state index contributed by atoms with van der Waals surface area (Å²) in [6.07, 6.45) is 0.813. The number of hydrogen-bond donors (Lipinski definition) is 1. The minimum Gasteiger partial charge on any atom is -0.396 e. The third kappa shape index (κ3) is 3.24. The fourth-order valence-corrected chi connectivity index (χ4v) is 6.93. The molecular formula is C22H21OS2+. The van der Waals surface area contributed by atoms with Crippen LogP contribution in [0.5, 0.6) is 0 Å². The fourth-order valence-electron chi connectivity index (χ4n) is 3.19. The smallest absolute Gasteiger partial charge is 0.180 e. The number of aliphatic hydroxyl groups excluding tert-OH is 1. The van der Waals surface area contributed by atoms with Gasteiger partial charge in [0.15, 0.2) is 14.7 Å². The van der Waals surface area contributed by atoms with Crippen molar-refractivity contribution in [3.63, 3.8) is 0 Å². The lowest BCUT2D eigenvalue weighted by Gasteiger charge is -2.19. The van der Waals surface area contributed by atoms with E-state index in [9.17, 15) is 5.11 Å². The molecule has 0 saturated heterocycles. The van der Waals surface area contributed by atoms with Crippen LogP contribution in [-0.2, 0) is 10.9 Å². The van der Waals surface area contributed by atoms with E-state index in [0.29, 0.717) is 5.92 Å². The molecule has 1 heterocycles.